The number of hydrogen-bond acceptors (Lipinski definition) is 5. The van der Waals surface area contributed by atoms with Crippen molar-refractivity contribution >= 4 is 28.1 Å². The lowest BCUT2D eigenvalue weighted by atomic mass is 9.87. The lowest BCUT2D eigenvalue weighted by molar-refractivity contribution is -0.602. The highest BCUT2D eigenvalue weighted by Crippen LogP contribution is 2.46. The third kappa shape index (κ3) is 9.19. The normalized spacial score (nSPS) is 27.7. The number of amides is 2. The van der Waals surface area contributed by atoms with Crippen LogP contribution in [0.3, 0.4) is 0 Å². The number of carbonyl (C=O) groups is 2. The first-order chi connectivity index (χ1) is 23.6. The van der Waals surface area contributed by atoms with E-state index in [1.807, 2.05) is 6.07 Å². The summed E-state index contributed by atoms with van der Waals surface area (Å²) in [4.78, 5) is 31.6. The second-order valence-corrected chi connectivity index (χ2v) is 16.9. The van der Waals surface area contributed by atoms with E-state index in [0.29, 0.717) is 49.5 Å². The number of hydrogen-bond donors (Lipinski definition) is 1. The molecule has 11 heteroatoms. The van der Waals surface area contributed by atoms with Crippen LogP contribution in [0.15, 0.2) is 30.4 Å². The lowest BCUT2D eigenvalue weighted by Crippen LogP contribution is -2.50. The number of aryl methyl sites for hydroxylation is 1. The molecule has 4 unspecified atom stereocenters. The lowest BCUT2D eigenvalue weighted by Gasteiger charge is -2.36. The van der Waals surface area contributed by atoms with Crippen molar-refractivity contribution < 1.29 is 31.5 Å². The second kappa shape index (κ2) is 16.1. The Balaban J connectivity index is 0.897. The van der Waals surface area contributed by atoms with Gasteiger partial charge in [0.05, 0.1) is 30.7 Å². The molecule has 2 bridgehead atoms. The van der Waals surface area contributed by atoms with E-state index in [9.17, 15) is 18.0 Å². The maximum Gasteiger partial charge on any atom is 0.264 e. The number of allylic oxidation sites excluding steroid dienone is 1. The Kier molecular flexibility index (Phi) is 11.9. The number of piperidine rings is 1. The number of nitrogens with zero attached hydrogens (tertiary/aromatic N) is 4. The van der Waals surface area contributed by atoms with E-state index in [2.05, 4.69) is 34.8 Å². The molecule has 1 aromatic carbocycles. The first-order valence-electron chi connectivity index (χ1n) is 18.9. The predicted octanol–water partition coefficient (Wildman–Crippen LogP) is 5.28. The summed E-state index contributed by atoms with van der Waals surface area (Å²) in [5.41, 5.74) is 1.34. The Labute approximate surface area is 292 Å². The molecular formula is C38H56FN4O5S+. The highest BCUT2D eigenvalue weighted by atomic mass is 32.2. The second-order valence-electron chi connectivity index (χ2n) is 15.4. The monoisotopic (exact) mass is 699 g/mol. The topological polar surface area (TPSA) is 101 Å². The van der Waals surface area contributed by atoms with Crippen molar-refractivity contribution in [3.63, 3.8) is 0 Å². The minimum atomic E-state index is -4.04. The summed E-state index contributed by atoms with van der Waals surface area (Å²) in [5.74, 6) is 1.71. The number of halogens is 1. The Bertz CT molecular complexity index is 1510. The van der Waals surface area contributed by atoms with Gasteiger partial charge in [0.2, 0.25) is 18.0 Å². The molecule has 1 N–H and O–H groups in total. The molecule has 49 heavy (non-hydrogen) atoms. The summed E-state index contributed by atoms with van der Waals surface area (Å²) in [7, 11) is -4.04. The quantitative estimate of drug-likeness (QED) is 0.130. The molecule has 270 valence electrons. The van der Waals surface area contributed by atoms with Gasteiger partial charge in [-0.1, -0.05) is 37.1 Å². The summed E-state index contributed by atoms with van der Waals surface area (Å²) in [6, 6.07) is 6.00. The molecule has 5 atom stereocenters. The highest BCUT2D eigenvalue weighted by Gasteiger charge is 2.56. The summed E-state index contributed by atoms with van der Waals surface area (Å²) in [6.45, 7) is 5.89. The molecule has 1 aliphatic carbocycles. The largest absolute Gasteiger partial charge is 0.325 e. The van der Waals surface area contributed by atoms with E-state index in [1.54, 1.807) is 21.9 Å². The maximum absolute atomic E-state index is 15.1. The molecule has 3 saturated heterocycles. The summed E-state index contributed by atoms with van der Waals surface area (Å²) in [6.07, 6.45) is 20.2. The summed E-state index contributed by atoms with van der Waals surface area (Å²) >= 11 is 0. The Hall–Kier alpha value is -2.63. The zero-order valence-corrected chi connectivity index (χ0v) is 30.0. The fourth-order valence-corrected chi connectivity index (χ4v) is 9.83. The van der Waals surface area contributed by atoms with Crippen molar-refractivity contribution in [2.45, 2.75) is 109 Å². The van der Waals surface area contributed by atoms with Gasteiger partial charge in [-0.25, -0.2) is 13.9 Å². The maximum atomic E-state index is 15.1. The van der Waals surface area contributed by atoms with Crippen molar-refractivity contribution in [1.29, 1.82) is 0 Å². The molecular weight excluding hydrogens is 644 g/mol. The van der Waals surface area contributed by atoms with Crippen molar-refractivity contribution in [1.82, 2.24) is 14.7 Å². The van der Waals surface area contributed by atoms with Crippen molar-refractivity contribution in [2.75, 3.05) is 38.6 Å². The molecule has 4 aliphatic heterocycles. The van der Waals surface area contributed by atoms with Crippen LogP contribution in [0.5, 0.6) is 0 Å². The van der Waals surface area contributed by atoms with Crippen LogP contribution in [0.4, 0.5) is 4.39 Å². The van der Waals surface area contributed by atoms with E-state index in [4.69, 9.17) is 4.55 Å². The molecule has 2 amide bonds. The van der Waals surface area contributed by atoms with E-state index >= 15 is 4.39 Å². The molecule has 0 aromatic heterocycles. The standard InChI is InChI=1S/C38H55FN4O5S/c1-28-13-16-33-32-10-6-11-35(32)43(26-28)38(33)40-21-17-29(18-22-40)8-2-3-9-30-14-15-31(34(39)24-30)25-37(45)42-20-7-19-41(27-42)36(44)12-4-5-23-49(46,47)48/h13-16,24,26,28-29,32-33,35,38H,2-12,17-23,25,27H2,1H3/p+1/t28?,32?,33?,35-,38?/m0/s1. The van der Waals surface area contributed by atoms with Crippen LogP contribution in [0.2, 0.25) is 0 Å². The number of fused-ring (bicyclic) bond motifs is 5. The SMILES string of the molecule is CC1C=CC2C3CCC[C@@H]3[N+](=C1)C2N1CCC(CCCCc2ccc(CC(=O)N3CCCN(C(=O)CCCCS(=O)(=O)O)C3)c(F)c2)CC1. The van der Waals surface area contributed by atoms with Gasteiger partial charge in [0.1, 0.15) is 12.0 Å². The first kappa shape index (κ1) is 36.2. The van der Waals surface area contributed by atoms with Gasteiger partial charge in [0.25, 0.3) is 10.1 Å². The minimum absolute atomic E-state index is 0.0464. The van der Waals surface area contributed by atoms with Gasteiger partial charge in [-0.3, -0.25) is 14.1 Å². The fraction of sp³-hybridized carbons (Fsp3) is 0.711. The molecule has 1 aromatic rings. The van der Waals surface area contributed by atoms with Crippen molar-refractivity contribution in [3.8, 4) is 0 Å². The van der Waals surface area contributed by atoms with Gasteiger partial charge in [-0.05, 0) is 87.8 Å². The van der Waals surface area contributed by atoms with Crippen LogP contribution >= 0.6 is 0 Å². The molecule has 4 fully saturated rings. The van der Waals surface area contributed by atoms with Crippen LogP contribution < -0.4 is 0 Å². The van der Waals surface area contributed by atoms with Crippen LogP contribution in [0, 0.1) is 29.5 Å². The highest BCUT2D eigenvalue weighted by molar-refractivity contribution is 7.85. The van der Waals surface area contributed by atoms with Crippen molar-refractivity contribution in [3.05, 3.63) is 47.3 Å². The number of rotatable bonds is 13. The van der Waals surface area contributed by atoms with Crippen LogP contribution in [-0.4, -0.2) is 101 Å². The molecule has 0 spiro atoms. The first-order valence-corrected chi connectivity index (χ1v) is 20.5. The van der Waals surface area contributed by atoms with E-state index in [-0.39, 0.29) is 49.3 Å². The average Bonchev–Trinajstić information content (AvgIpc) is 3.61. The van der Waals surface area contributed by atoms with Gasteiger partial charge >= 0.3 is 0 Å². The summed E-state index contributed by atoms with van der Waals surface area (Å²) in [5, 5.41) is 0. The van der Waals surface area contributed by atoms with Crippen LogP contribution in [-0.2, 0) is 32.5 Å². The third-order valence-corrected chi connectivity index (χ3v) is 12.7. The van der Waals surface area contributed by atoms with E-state index in [1.165, 1.54) is 51.6 Å². The van der Waals surface area contributed by atoms with Gasteiger partial charge in [0.15, 0.2) is 6.04 Å². The zero-order chi connectivity index (χ0) is 34.5. The molecule has 1 saturated carbocycles. The summed E-state index contributed by atoms with van der Waals surface area (Å²) < 4.78 is 48.5. The van der Waals surface area contributed by atoms with Crippen molar-refractivity contribution in [2.24, 2.45) is 23.7 Å². The molecule has 0 radical (unpaired) electrons. The minimum Gasteiger partial charge on any atom is -0.325 e. The molecule has 5 aliphatic rings. The molecule has 6 rings (SSSR count). The van der Waals surface area contributed by atoms with Crippen LogP contribution in [0.25, 0.3) is 0 Å². The molecule has 9 nitrogen and oxygen atoms in total. The zero-order valence-electron chi connectivity index (χ0n) is 29.2. The van der Waals surface area contributed by atoms with Gasteiger partial charge in [-0.15, -0.1) is 0 Å². The van der Waals surface area contributed by atoms with Crippen LogP contribution in [0.1, 0.15) is 95.1 Å². The predicted molar refractivity (Wildman–Crippen MR) is 188 cm³/mol. The van der Waals surface area contributed by atoms with E-state index in [0.717, 1.165) is 42.7 Å². The van der Waals surface area contributed by atoms with Gasteiger partial charge in [0, 0.05) is 44.9 Å². The van der Waals surface area contributed by atoms with Gasteiger partial charge < -0.3 is 9.80 Å². The fourth-order valence-electron chi connectivity index (χ4n) is 9.26. The number of carbonyl (C=O) groups excluding carboxylic acids is 2. The Morgan fingerprint density at radius 2 is 1.71 bits per heavy atom. The molecule has 4 heterocycles. The third-order valence-electron chi connectivity index (χ3n) is 11.9. The van der Waals surface area contributed by atoms with E-state index < -0.39 is 10.1 Å². The Morgan fingerprint density at radius 3 is 2.47 bits per heavy atom. The number of unbranched alkanes of at least 4 members (excludes halogenated alkanes) is 2. The Morgan fingerprint density at radius 1 is 0.939 bits per heavy atom. The van der Waals surface area contributed by atoms with Gasteiger partial charge in [-0.2, -0.15) is 8.42 Å². The number of benzene rings is 1. The smallest absolute Gasteiger partial charge is 0.264 e. The number of likely N-dealkylation sites (tertiary alicyclic amines) is 1. The average molecular weight is 700 g/mol.